The number of oxime groups is 1. The van der Waals surface area contributed by atoms with Gasteiger partial charge in [0.2, 0.25) is 6.10 Å². The van der Waals surface area contributed by atoms with Gasteiger partial charge in [-0.15, -0.1) is 0 Å². The molecule has 0 aliphatic carbocycles. The summed E-state index contributed by atoms with van der Waals surface area (Å²) in [6.45, 7) is 5.84. The first kappa shape index (κ1) is 22.6. The lowest BCUT2D eigenvalue weighted by Crippen LogP contribution is -2.51. The summed E-state index contributed by atoms with van der Waals surface area (Å²) in [5.74, 6) is -0.0354. The molecule has 174 valence electrons. The lowest BCUT2D eigenvalue weighted by molar-refractivity contribution is -0.142. The molecule has 8 nitrogen and oxygen atoms in total. The number of anilines is 2. The second kappa shape index (κ2) is 10.8. The lowest BCUT2D eigenvalue weighted by Gasteiger charge is -2.36. The molecule has 2 aliphatic heterocycles. The van der Waals surface area contributed by atoms with Gasteiger partial charge in [0.25, 0.3) is 5.91 Å². The van der Waals surface area contributed by atoms with Crippen LogP contribution in [0.25, 0.3) is 0 Å². The highest BCUT2D eigenvalue weighted by molar-refractivity contribution is 5.92. The van der Waals surface area contributed by atoms with Crippen molar-refractivity contribution in [3.63, 3.8) is 0 Å². The van der Waals surface area contributed by atoms with Gasteiger partial charge in [0.15, 0.2) is 0 Å². The molecule has 0 radical (unpaired) electrons. The van der Waals surface area contributed by atoms with E-state index in [9.17, 15) is 9.59 Å². The first-order chi connectivity index (χ1) is 16.1. The Hall–Kier alpha value is -3.55. The predicted molar refractivity (Wildman–Crippen MR) is 129 cm³/mol. The van der Waals surface area contributed by atoms with Crippen LogP contribution in [0.5, 0.6) is 0 Å². The van der Waals surface area contributed by atoms with Crippen LogP contribution in [0.1, 0.15) is 19.8 Å². The third kappa shape index (κ3) is 6.03. The van der Waals surface area contributed by atoms with Crippen molar-refractivity contribution in [2.45, 2.75) is 25.9 Å². The van der Waals surface area contributed by atoms with Crippen molar-refractivity contribution in [2.24, 2.45) is 5.16 Å². The van der Waals surface area contributed by atoms with Crippen LogP contribution < -0.4 is 10.2 Å². The summed E-state index contributed by atoms with van der Waals surface area (Å²) in [6.07, 6.45) is 0.651. The van der Waals surface area contributed by atoms with Gasteiger partial charge in [-0.05, 0) is 31.2 Å². The van der Waals surface area contributed by atoms with Crippen LogP contribution in [0.2, 0.25) is 0 Å². The molecular formula is C25H31N5O3. The van der Waals surface area contributed by atoms with Crippen molar-refractivity contribution in [3.8, 4) is 0 Å². The zero-order valence-corrected chi connectivity index (χ0v) is 19.0. The van der Waals surface area contributed by atoms with Crippen molar-refractivity contribution < 1.29 is 14.4 Å². The largest absolute Gasteiger partial charge is 0.383 e. The number of rotatable bonds is 5. The number of benzene rings is 2. The Morgan fingerprint density at radius 3 is 2.09 bits per heavy atom. The van der Waals surface area contributed by atoms with E-state index in [4.69, 9.17) is 4.84 Å². The first-order valence-electron chi connectivity index (χ1n) is 11.5. The van der Waals surface area contributed by atoms with Crippen LogP contribution in [0, 0.1) is 0 Å². The van der Waals surface area contributed by atoms with E-state index in [-0.39, 0.29) is 11.9 Å². The van der Waals surface area contributed by atoms with Gasteiger partial charge in [-0.2, -0.15) is 0 Å². The molecule has 0 bridgehead atoms. The standard InChI is InChI=1S/C25H31N5O3/c1-20(24(31)29-18-16-28(17-19-29)23-10-6-3-7-11-23)33-27-22-12-14-30(15-13-22)25(32)26-21-8-4-2-5-9-21/h2-11,20H,12-19H2,1H3,(H,26,32)/t20-/m1/s1. The molecule has 3 amide bonds. The maximum atomic E-state index is 12.8. The van der Waals surface area contributed by atoms with Crippen molar-refractivity contribution in [1.82, 2.24) is 9.80 Å². The van der Waals surface area contributed by atoms with E-state index in [1.54, 1.807) is 11.8 Å². The normalized spacial score (nSPS) is 17.4. The first-order valence-corrected chi connectivity index (χ1v) is 11.5. The second-order valence-corrected chi connectivity index (χ2v) is 8.34. The van der Waals surface area contributed by atoms with Crippen molar-refractivity contribution in [1.29, 1.82) is 0 Å². The molecule has 0 saturated carbocycles. The topological polar surface area (TPSA) is 77.5 Å². The molecule has 2 fully saturated rings. The summed E-state index contributed by atoms with van der Waals surface area (Å²) >= 11 is 0. The number of hydrogen-bond acceptors (Lipinski definition) is 5. The fourth-order valence-corrected chi connectivity index (χ4v) is 4.06. The number of piperazine rings is 1. The van der Waals surface area contributed by atoms with Gasteiger partial charge in [-0.3, -0.25) is 4.79 Å². The van der Waals surface area contributed by atoms with Crippen LogP contribution in [0.3, 0.4) is 0 Å². The number of piperidine rings is 1. The fourth-order valence-electron chi connectivity index (χ4n) is 4.06. The van der Waals surface area contributed by atoms with Gasteiger partial charge >= 0.3 is 6.03 Å². The number of para-hydroxylation sites is 2. The number of nitrogens with one attached hydrogen (secondary N) is 1. The Balaban J connectivity index is 1.19. The van der Waals surface area contributed by atoms with E-state index in [1.165, 1.54) is 5.69 Å². The van der Waals surface area contributed by atoms with E-state index in [1.807, 2.05) is 53.4 Å². The van der Waals surface area contributed by atoms with Gasteiger partial charge in [-0.1, -0.05) is 41.6 Å². The highest BCUT2D eigenvalue weighted by Gasteiger charge is 2.27. The smallest absolute Gasteiger partial charge is 0.321 e. The number of likely N-dealkylation sites (tertiary alicyclic amines) is 1. The predicted octanol–water partition coefficient (Wildman–Crippen LogP) is 3.42. The minimum Gasteiger partial charge on any atom is -0.383 e. The second-order valence-electron chi connectivity index (χ2n) is 8.34. The Labute approximate surface area is 194 Å². The Kier molecular flexibility index (Phi) is 7.44. The SMILES string of the molecule is C[C@@H](ON=C1CCN(C(=O)Nc2ccccc2)CC1)C(=O)N1CCN(c2ccccc2)CC1. The number of carbonyl (C=O) groups excluding carboxylic acids is 2. The minimum atomic E-state index is -0.625. The summed E-state index contributed by atoms with van der Waals surface area (Å²) in [7, 11) is 0. The monoisotopic (exact) mass is 449 g/mol. The molecular weight excluding hydrogens is 418 g/mol. The number of carbonyl (C=O) groups is 2. The molecule has 0 spiro atoms. The lowest BCUT2D eigenvalue weighted by atomic mass is 10.1. The molecule has 2 aromatic carbocycles. The molecule has 1 N–H and O–H groups in total. The fraction of sp³-hybridized carbons (Fsp3) is 0.400. The molecule has 4 rings (SSSR count). The molecule has 2 saturated heterocycles. The van der Waals surface area contributed by atoms with E-state index in [0.29, 0.717) is 39.0 Å². The Morgan fingerprint density at radius 2 is 1.45 bits per heavy atom. The van der Waals surface area contributed by atoms with E-state index < -0.39 is 6.10 Å². The van der Waals surface area contributed by atoms with Crippen LogP contribution in [-0.2, 0) is 9.63 Å². The zero-order chi connectivity index (χ0) is 23.0. The number of hydrogen-bond donors (Lipinski definition) is 1. The third-order valence-electron chi connectivity index (χ3n) is 6.05. The highest BCUT2D eigenvalue weighted by Crippen LogP contribution is 2.17. The highest BCUT2D eigenvalue weighted by atomic mass is 16.6. The van der Waals surface area contributed by atoms with Gasteiger partial charge in [0.1, 0.15) is 0 Å². The summed E-state index contributed by atoms with van der Waals surface area (Å²) < 4.78 is 0. The molecule has 2 heterocycles. The Bertz CT molecular complexity index is 949. The van der Waals surface area contributed by atoms with Crippen molar-refractivity contribution in [2.75, 3.05) is 49.5 Å². The molecule has 1 atom stereocenters. The quantitative estimate of drug-likeness (QED) is 0.710. The van der Waals surface area contributed by atoms with Gasteiger partial charge in [-0.25, -0.2) is 4.79 Å². The number of amides is 3. The maximum Gasteiger partial charge on any atom is 0.321 e. The van der Waals surface area contributed by atoms with Crippen molar-refractivity contribution in [3.05, 3.63) is 60.7 Å². The Morgan fingerprint density at radius 1 is 0.848 bits per heavy atom. The van der Waals surface area contributed by atoms with E-state index >= 15 is 0 Å². The molecule has 2 aliphatic rings. The van der Waals surface area contributed by atoms with Crippen LogP contribution in [0.15, 0.2) is 65.8 Å². The van der Waals surface area contributed by atoms with Gasteiger partial charge in [0, 0.05) is 63.5 Å². The van der Waals surface area contributed by atoms with Crippen LogP contribution in [0.4, 0.5) is 16.2 Å². The van der Waals surface area contributed by atoms with E-state index in [0.717, 1.165) is 24.5 Å². The van der Waals surface area contributed by atoms with Crippen LogP contribution in [-0.4, -0.2) is 72.8 Å². The number of urea groups is 1. The molecule has 8 heteroatoms. The van der Waals surface area contributed by atoms with Crippen molar-refractivity contribution >= 4 is 29.0 Å². The summed E-state index contributed by atoms with van der Waals surface area (Å²) in [5, 5.41) is 7.14. The minimum absolute atomic E-state index is 0.0354. The average Bonchev–Trinajstić information content (AvgIpc) is 2.88. The molecule has 2 aromatic rings. The summed E-state index contributed by atoms with van der Waals surface area (Å²) in [4.78, 5) is 36.7. The summed E-state index contributed by atoms with van der Waals surface area (Å²) in [5.41, 5.74) is 2.85. The number of nitrogens with zero attached hydrogens (tertiary/aromatic N) is 4. The maximum absolute atomic E-state index is 12.8. The molecule has 0 aromatic heterocycles. The van der Waals surface area contributed by atoms with Gasteiger partial charge in [0.05, 0.1) is 5.71 Å². The van der Waals surface area contributed by atoms with E-state index in [2.05, 4.69) is 27.5 Å². The molecule has 33 heavy (non-hydrogen) atoms. The molecule has 0 unspecified atom stereocenters. The van der Waals surface area contributed by atoms with Gasteiger partial charge < -0.3 is 24.9 Å². The van der Waals surface area contributed by atoms with Crippen LogP contribution >= 0.6 is 0 Å². The summed E-state index contributed by atoms with van der Waals surface area (Å²) in [6, 6.07) is 19.6. The zero-order valence-electron chi connectivity index (χ0n) is 19.0. The third-order valence-corrected chi connectivity index (χ3v) is 6.05. The average molecular weight is 450 g/mol.